The van der Waals surface area contributed by atoms with Crippen LogP contribution in [0.5, 0.6) is 0 Å². The Bertz CT molecular complexity index is 895. The minimum absolute atomic E-state index is 0.0590. The van der Waals surface area contributed by atoms with Gasteiger partial charge in [0.1, 0.15) is 6.04 Å². The molecule has 0 aliphatic carbocycles. The fourth-order valence-electron chi connectivity index (χ4n) is 6.94. The zero-order chi connectivity index (χ0) is 43.4. The van der Waals surface area contributed by atoms with Crippen LogP contribution in [0.4, 0.5) is 0 Å². The van der Waals surface area contributed by atoms with E-state index < -0.39 is 12.0 Å². The van der Waals surface area contributed by atoms with Gasteiger partial charge in [-0.3, -0.25) is 9.59 Å². The number of methoxy groups -OCH3 is 1. The van der Waals surface area contributed by atoms with Crippen molar-refractivity contribution in [3.05, 3.63) is 0 Å². The SMILES string of the molecule is CCCCCCCCCCCCCCCCCC(=O)NCC(NC(=O)CCCCCCCCCCCCCCCCC)C(=O)OCCC(C)C.COC(C)(C)CCO. The number of hydrogen-bond donors (Lipinski definition) is 3. The molecule has 0 aromatic heterocycles. The van der Waals surface area contributed by atoms with E-state index in [-0.39, 0.29) is 30.6 Å². The van der Waals surface area contributed by atoms with E-state index in [0.717, 1.165) is 38.5 Å². The van der Waals surface area contributed by atoms with E-state index in [2.05, 4.69) is 38.3 Å². The van der Waals surface area contributed by atoms with Crippen LogP contribution < -0.4 is 10.6 Å². The molecule has 1 unspecified atom stereocenters. The number of nitrogens with one attached hydrogen (secondary N) is 2. The van der Waals surface area contributed by atoms with Crippen molar-refractivity contribution in [2.75, 3.05) is 26.9 Å². The van der Waals surface area contributed by atoms with E-state index in [1.165, 1.54) is 161 Å². The van der Waals surface area contributed by atoms with Crippen LogP contribution in [-0.4, -0.2) is 61.4 Å². The van der Waals surface area contributed by atoms with Gasteiger partial charge in [0.15, 0.2) is 0 Å². The van der Waals surface area contributed by atoms with E-state index in [0.29, 0.717) is 31.8 Å². The van der Waals surface area contributed by atoms with Crippen molar-refractivity contribution in [3.63, 3.8) is 0 Å². The summed E-state index contributed by atoms with van der Waals surface area (Å²) < 4.78 is 10.5. The minimum Gasteiger partial charge on any atom is -0.464 e. The Hall–Kier alpha value is -1.67. The number of esters is 1. The maximum Gasteiger partial charge on any atom is 0.330 e. The summed E-state index contributed by atoms with van der Waals surface area (Å²) in [7, 11) is 1.65. The first-order valence-corrected chi connectivity index (χ1v) is 24.9. The van der Waals surface area contributed by atoms with Crippen molar-refractivity contribution in [2.45, 2.75) is 271 Å². The topological polar surface area (TPSA) is 114 Å². The van der Waals surface area contributed by atoms with Crippen molar-refractivity contribution in [3.8, 4) is 0 Å². The quantitative estimate of drug-likeness (QED) is 0.0417. The molecule has 1 atom stereocenters. The molecule has 3 N–H and O–H groups in total. The lowest BCUT2D eigenvalue weighted by atomic mass is 10.0. The molecule has 0 saturated heterocycles. The molecule has 8 heteroatoms. The Morgan fingerprint density at radius 1 is 0.552 bits per heavy atom. The van der Waals surface area contributed by atoms with Gasteiger partial charge in [0.2, 0.25) is 11.8 Å². The number of amides is 2. The standard InChI is InChI=1S/C44H86N2O4.C6H14O2/c1-5-7-9-11-13-15-17-19-21-23-25-27-29-31-33-35-42(47)45-39-41(44(49)50-38-37-40(3)4)46-43(48)36-34-32-30-28-26-24-22-20-18-16-14-12-10-8-6-2;1-6(2,8-3)4-5-7/h40-41H,5-39H2,1-4H3,(H,45,47)(H,46,48);7H,4-5H2,1-3H3. The number of hydrogen-bond acceptors (Lipinski definition) is 6. The van der Waals surface area contributed by atoms with E-state index >= 15 is 0 Å². The summed E-state index contributed by atoms with van der Waals surface area (Å²) in [4.78, 5) is 38.1. The predicted octanol–water partition coefficient (Wildman–Crippen LogP) is 13.5. The average molecular weight is 825 g/mol. The highest BCUT2D eigenvalue weighted by molar-refractivity contribution is 5.85. The van der Waals surface area contributed by atoms with Crippen LogP contribution in [0.25, 0.3) is 0 Å². The van der Waals surface area contributed by atoms with Crippen molar-refractivity contribution >= 4 is 17.8 Å². The smallest absolute Gasteiger partial charge is 0.330 e. The highest BCUT2D eigenvalue weighted by Crippen LogP contribution is 2.16. The lowest BCUT2D eigenvalue weighted by molar-refractivity contribution is -0.148. The maximum absolute atomic E-state index is 12.8. The van der Waals surface area contributed by atoms with Gasteiger partial charge >= 0.3 is 5.97 Å². The molecule has 0 spiro atoms. The number of carbonyl (C=O) groups excluding carboxylic acids is 3. The summed E-state index contributed by atoms with van der Waals surface area (Å²) in [5, 5.41) is 14.2. The Labute approximate surface area is 360 Å². The Kier molecular flexibility index (Phi) is 45.2. The third-order valence-corrected chi connectivity index (χ3v) is 11.3. The molecule has 0 radical (unpaired) electrons. The van der Waals surface area contributed by atoms with Crippen LogP contribution in [0.15, 0.2) is 0 Å². The first-order chi connectivity index (χ1) is 28.0. The van der Waals surface area contributed by atoms with Crippen LogP contribution in [0, 0.1) is 5.92 Å². The van der Waals surface area contributed by atoms with Crippen molar-refractivity contribution in [1.82, 2.24) is 10.6 Å². The van der Waals surface area contributed by atoms with E-state index in [4.69, 9.17) is 14.6 Å². The minimum atomic E-state index is -0.837. The summed E-state index contributed by atoms with van der Waals surface area (Å²) in [6.07, 6.45) is 41.0. The molecular formula is C50H100N2O6. The maximum atomic E-state index is 12.8. The van der Waals surface area contributed by atoms with Crippen molar-refractivity contribution < 1.29 is 29.0 Å². The normalized spacial score (nSPS) is 11.9. The largest absolute Gasteiger partial charge is 0.464 e. The zero-order valence-corrected chi connectivity index (χ0v) is 39.8. The highest BCUT2D eigenvalue weighted by Gasteiger charge is 2.23. The molecule has 8 nitrogen and oxygen atoms in total. The van der Waals surface area contributed by atoms with Crippen molar-refractivity contribution in [1.29, 1.82) is 0 Å². The summed E-state index contributed by atoms with van der Waals surface area (Å²) in [6, 6.07) is -0.837. The summed E-state index contributed by atoms with van der Waals surface area (Å²) >= 11 is 0. The second-order valence-electron chi connectivity index (χ2n) is 18.1. The number of rotatable bonds is 42. The molecule has 0 saturated carbocycles. The van der Waals surface area contributed by atoms with Crippen LogP contribution in [0.1, 0.15) is 260 Å². The lowest BCUT2D eigenvalue weighted by Gasteiger charge is -2.20. The van der Waals surface area contributed by atoms with Gasteiger partial charge in [-0.25, -0.2) is 4.79 Å². The second-order valence-corrected chi connectivity index (χ2v) is 18.1. The number of aliphatic hydroxyl groups excluding tert-OH is 1. The van der Waals surface area contributed by atoms with E-state index in [9.17, 15) is 14.4 Å². The molecule has 0 aliphatic rings. The van der Waals surface area contributed by atoms with Crippen LogP contribution >= 0.6 is 0 Å². The first-order valence-electron chi connectivity index (χ1n) is 24.9. The number of unbranched alkanes of at least 4 members (excludes halogenated alkanes) is 28. The highest BCUT2D eigenvalue weighted by atomic mass is 16.5. The van der Waals surface area contributed by atoms with Gasteiger partial charge in [-0.05, 0) is 45.4 Å². The van der Waals surface area contributed by atoms with Crippen LogP contribution in [0.2, 0.25) is 0 Å². The van der Waals surface area contributed by atoms with Gasteiger partial charge < -0.3 is 25.2 Å². The molecule has 0 aliphatic heterocycles. The van der Waals surface area contributed by atoms with Gasteiger partial charge in [0, 0.05) is 33.1 Å². The monoisotopic (exact) mass is 825 g/mol. The fraction of sp³-hybridized carbons (Fsp3) is 0.940. The molecule has 0 aromatic rings. The Balaban J connectivity index is 0. The van der Waals surface area contributed by atoms with Crippen molar-refractivity contribution in [2.24, 2.45) is 5.92 Å². The van der Waals surface area contributed by atoms with E-state index in [1.807, 2.05) is 13.8 Å². The Morgan fingerprint density at radius 2 is 0.897 bits per heavy atom. The molecule has 0 aromatic carbocycles. The Morgan fingerprint density at radius 3 is 1.21 bits per heavy atom. The second kappa shape index (κ2) is 44.9. The molecule has 0 rings (SSSR count). The third-order valence-electron chi connectivity index (χ3n) is 11.3. The van der Waals surface area contributed by atoms with Gasteiger partial charge in [0.25, 0.3) is 0 Å². The summed E-state index contributed by atoms with van der Waals surface area (Å²) in [5.74, 6) is -0.225. The van der Waals surface area contributed by atoms with E-state index in [1.54, 1.807) is 7.11 Å². The lowest BCUT2D eigenvalue weighted by Crippen LogP contribution is -2.49. The molecule has 346 valence electrons. The molecule has 2 amide bonds. The third kappa shape index (κ3) is 45.4. The molecular weight excluding hydrogens is 725 g/mol. The van der Waals surface area contributed by atoms with Crippen LogP contribution in [-0.2, 0) is 23.9 Å². The molecule has 0 heterocycles. The molecule has 0 fully saturated rings. The summed E-state index contributed by atoms with van der Waals surface area (Å²) in [5.41, 5.74) is -0.158. The van der Waals surface area contributed by atoms with Gasteiger partial charge in [0.05, 0.1) is 12.2 Å². The predicted molar refractivity (Wildman–Crippen MR) is 247 cm³/mol. The van der Waals surface area contributed by atoms with Gasteiger partial charge in [-0.1, -0.05) is 207 Å². The summed E-state index contributed by atoms with van der Waals surface area (Å²) in [6.45, 7) is 13.2. The molecule has 58 heavy (non-hydrogen) atoms. The fourth-order valence-corrected chi connectivity index (χ4v) is 6.94. The first kappa shape index (κ1) is 58.4. The number of ether oxygens (including phenoxy) is 2. The zero-order valence-electron chi connectivity index (χ0n) is 39.8. The number of carbonyl (C=O) groups is 3. The van der Waals surface area contributed by atoms with Gasteiger partial charge in [-0.2, -0.15) is 0 Å². The molecule has 0 bridgehead atoms. The average Bonchev–Trinajstić information content (AvgIpc) is 3.19. The van der Waals surface area contributed by atoms with Gasteiger partial charge in [-0.15, -0.1) is 0 Å². The van der Waals surface area contributed by atoms with Crippen LogP contribution in [0.3, 0.4) is 0 Å². The number of aliphatic hydroxyl groups is 1.